The van der Waals surface area contributed by atoms with Crippen molar-refractivity contribution in [1.82, 2.24) is 10.4 Å². The zero-order valence-electron chi connectivity index (χ0n) is 10.9. The van der Waals surface area contributed by atoms with E-state index in [-0.39, 0.29) is 17.6 Å². The van der Waals surface area contributed by atoms with Gasteiger partial charge in [0.2, 0.25) is 0 Å². The SMILES string of the molecule is COc1cccc(CC(NN)c2ccc(Cl)cn2)c1F. The van der Waals surface area contributed by atoms with E-state index < -0.39 is 0 Å². The molecule has 6 heteroatoms. The summed E-state index contributed by atoms with van der Waals surface area (Å²) in [6.45, 7) is 0. The molecule has 0 saturated carbocycles. The maximum Gasteiger partial charge on any atom is 0.168 e. The number of methoxy groups -OCH3 is 1. The molecule has 0 radical (unpaired) electrons. The molecule has 1 aromatic carbocycles. The second-order valence-corrected chi connectivity index (χ2v) is 4.69. The molecule has 3 N–H and O–H groups in total. The number of ether oxygens (including phenoxy) is 1. The van der Waals surface area contributed by atoms with Gasteiger partial charge in [-0.1, -0.05) is 23.7 Å². The molecule has 0 aliphatic rings. The van der Waals surface area contributed by atoms with Crippen molar-refractivity contribution in [3.8, 4) is 5.75 Å². The van der Waals surface area contributed by atoms with Gasteiger partial charge in [-0.05, 0) is 30.2 Å². The van der Waals surface area contributed by atoms with Crippen molar-refractivity contribution < 1.29 is 9.13 Å². The Kier molecular flexibility index (Phi) is 4.89. The minimum absolute atomic E-state index is 0.210. The third-order valence-corrected chi connectivity index (χ3v) is 3.22. The number of pyridine rings is 1. The highest BCUT2D eigenvalue weighted by molar-refractivity contribution is 6.30. The van der Waals surface area contributed by atoms with E-state index in [2.05, 4.69) is 10.4 Å². The van der Waals surface area contributed by atoms with E-state index in [1.54, 1.807) is 30.3 Å². The molecule has 1 aromatic heterocycles. The van der Waals surface area contributed by atoms with Crippen molar-refractivity contribution in [3.63, 3.8) is 0 Å². The first-order chi connectivity index (χ1) is 9.65. The van der Waals surface area contributed by atoms with Crippen LogP contribution < -0.4 is 16.0 Å². The Morgan fingerprint density at radius 2 is 2.20 bits per heavy atom. The molecule has 0 aliphatic heterocycles. The summed E-state index contributed by atoms with van der Waals surface area (Å²) in [5.41, 5.74) is 3.84. The van der Waals surface area contributed by atoms with Crippen molar-refractivity contribution in [1.29, 1.82) is 0 Å². The fraction of sp³-hybridized carbons (Fsp3) is 0.214. The highest BCUT2D eigenvalue weighted by atomic mass is 35.5. The summed E-state index contributed by atoms with van der Waals surface area (Å²) in [5, 5.41) is 0.539. The van der Waals surface area contributed by atoms with E-state index in [1.165, 1.54) is 13.3 Å². The lowest BCUT2D eigenvalue weighted by atomic mass is 10.0. The first kappa shape index (κ1) is 14.7. The van der Waals surface area contributed by atoms with Crippen LogP contribution in [0, 0.1) is 5.82 Å². The third kappa shape index (κ3) is 3.25. The van der Waals surface area contributed by atoms with Crippen LogP contribution in [0.3, 0.4) is 0 Å². The van der Waals surface area contributed by atoms with Crippen LogP contribution in [0.1, 0.15) is 17.3 Å². The van der Waals surface area contributed by atoms with E-state index >= 15 is 0 Å². The van der Waals surface area contributed by atoms with Gasteiger partial charge in [0, 0.05) is 6.20 Å². The standard InChI is InChI=1S/C14H15ClFN3O/c1-20-13-4-2-3-9(14(13)16)7-12(19-17)11-6-5-10(15)8-18-11/h2-6,8,12,19H,7,17H2,1H3. The lowest BCUT2D eigenvalue weighted by Crippen LogP contribution is -2.30. The maximum absolute atomic E-state index is 14.1. The molecule has 4 nitrogen and oxygen atoms in total. The Morgan fingerprint density at radius 3 is 2.80 bits per heavy atom. The number of benzene rings is 1. The molecule has 1 unspecified atom stereocenters. The van der Waals surface area contributed by atoms with Crippen LogP contribution in [-0.4, -0.2) is 12.1 Å². The molecule has 20 heavy (non-hydrogen) atoms. The highest BCUT2D eigenvalue weighted by Crippen LogP contribution is 2.24. The summed E-state index contributed by atoms with van der Waals surface area (Å²) in [4.78, 5) is 4.19. The predicted molar refractivity (Wildman–Crippen MR) is 76.0 cm³/mol. The van der Waals surface area contributed by atoms with Crippen LogP contribution in [0.4, 0.5) is 4.39 Å². The molecule has 0 spiro atoms. The minimum Gasteiger partial charge on any atom is -0.494 e. The summed E-state index contributed by atoms with van der Waals surface area (Å²) < 4.78 is 19.1. The van der Waals surface area contributed by atoms with Crippen molar-refractivity contribution >= 4 is 11.6 Å². The molecule has 2 aromatic rings. The first-order valence-electron chi connectivity index (χ1n) is 6.04. The Morgan fingerprint density at radius 1 is 1.40 bits per heavy atom. The number of nitrogens with one attached hydrogen (secondary N) is 1. The molecule has 106 valence electrons. The zero-order chi connectivity index (χ0) is 14.5. The van der Waals surface area contributed by atoms with Gasteiger partial charge in [0.25, 0.3) is 0 Å². The monoisotopic (exact) mass is 295 g/mol. The van der Waals surface area contributed by atoms with Gasteiger partial charge in [0.15, 0.2) is 11.6 Å². The highest BCUT2D eigenvalue weighted by Gasteiger charge is 2.16. The van der Waals surface area contributed by atoms with E-state index in [0.717, 1.165) is 0 Å². The summed E-state index contributed by atoms with van der Waals surface area (Å²) in [6, 6.07) is 8.16. The Bertz CT molecular complexity index is 577. The Hall–Kier alpha value is -1.69. The van der Waals surface area contributed by atoms with Gasteiger partial charge in [-0.25, -0.2) is 4.39 Å². The van der Waals surface area contributed by atoms with Crippen molar-refractivity contribution in [3.05, 3.63) is 58.6 Å². The zero-order valence-corrected chi connectivity index (χ0v) is 11.7. The summed E-state index contributed by atoms with van der Waals surface area (Å²) >= 11 is 5.79. The predicted octanol–water partition coefficient (Wildman–Crippen LogP) is 2.63. The summed E-state index contributed by atoms with van der Waals surface area (Å²) in [6.07, 6.45) is 1.89. The molecule has 0 amide bonds. The normalized spacial score (nSPS) is 12.2. The van der Waals surface area contributed by atoms with Crippen molar-refractivity contribution in [2.24, 2.45) is 5.84 Å². The average molecular weight is 296 g/mol. The van der Waals surface area contributed by atoms with Gasteiger partial charge < -0.3 is 4.74 Å². The second-order valence-electron chi connectivity index (χ2n) is 4.26. The van der Waals surface area contributed by atoms with E-state index in [4.69, 9.17) is 22.2 Å². The van der Waals surface area contributed by atoms with Crippen molar-refractivity contribution in [2.75, 3.05) is 7.11 Å². The largest absolute Gasteiger partial charge is 0.494 e. The number of nitrogens with two attached hydrogens (primary N) is 1. The second kappa shape index (κ2) is 6.65. The van der Waals surface area contributed by atoms with Gasteiger partial charge in [0.05, 0.1) is 23.9 Å². The van der Waals surface area contributed by atoms with E-state index in [1.807, 2.05) is 0 Å². The van der Waals surface area contributed by atoms with Gasteiger partial charge in [-0.3, -0.25) is 16.3 Å². The summed E-state index contributed by atoms with van der Waals surface area (Å²) in [5.74, 6) is 5.36. The molecule has 0 fully saturated rings. The number of hydrogen-bond acceptors (Lipinski definition) is 4. The van der Waals surface area contributed by atoms with Gasteiger partial charge >= 0.3 is 0 Å². The van der Waals surface area contributed by atoms with Crippen LogP contribution >= 0.6 is 11.6 Å². The van der Waals surface area contributed by atoms with Crippen LogP contribution in [0.25, 0.3) is 0 Å². The average Bonchev–Trinajstić information content (AvgIpc) is 2.47. The lowest BCUT2D eigenvalue weighted by Gasteiger charge is -2.16. The van der Waals surface area contributed by atoms with Crippen molar-refractivity contribution in [2.45, 2.75) is 12.5 Å². The third-order valence-electron chi connectivity index (χ3n) is 3.00. The van der Waals surface area contributed by atoms with Crippen LogP contribution in [-0.2, 0) is 6.42 Å². The van der Waals surface area contributed by atoms with Crippen LogP contribution in [0.2, 0.25) is 5.02 Å². The van der Waals surface area contributed by atoms with E-state index in [9.17, 15) is 4.39 Å². The topological polar surface area (TPSA) is 60.2 Å². The summed E-state index contributed by atoms with van der Waals surface area (Å²) in [7, 11) is 1.43. The van der Waals surface area contributed by atoms with E-state index in [0.29, 0.717) is 22.7 Å². The molecule has 1 heterocycles. The quantitative estimate of drug-likeness (QED) is 0.657. The smallest absolute Gasteiger partial charge is 0.168 e. The molecule has 1 atom stereocenters. The molecule has 0 bridgehead atoms. The first-order valence-corrected chi connectivity index (χ1v) is 6.42. The molecular weight excluding hydrogens is 281 g/mol. The van der Waals surface area contributed by atoms with Gasteiger partial charge in [-0.2, -0.15) is 0 Å². The maximum atomic E-state index is 14.1. The number of hydrogen-bond donors (Lipinski definition) is 2. The molecular formula is C14H15ClFN3O. The van der Waals surface area contributed by atoms with Gasteiger partial charge in [-0.15, -0.1) is 0 Å². The van der Waals surface area contributed by atoms with Crippen LogP contribution in [0.15, 0.2) is 36.5 Å². The number of hydrazine groups is 1. The fourth-order valence-corrected chi connectivity index (χ4v) is 2.05. The Labute approximate surface area is 121 Å². The Balaban J connectivity index is 2.24. The minimum atomic E-state index is -0.385. The number of aromatic nitrogens is 1. The van der Waals surface area contributed by atoms with Gasteiger partial charge in [0.1, 0.15) is 0 Å². The number of rotatable bonds is 5. The lowest BCUT2D eigenvalue weighted by molar-refractivity contribution is 0.382. The fourth-order valence-electron chi connectivity index (χ4n) is 1.93. The number of halogens is 2. The molecule has 0 saturated heterocycles. The number of nitrogens with zero attached hydrogens (tertiary/aromatic N) is 1. The van der Waals surface area contributed by atoms with Crippen LogP contribution in [0.5, 0.6) is 5.75 Å². The molecule has 2 rings (SSSR count). The molecule has 0 aliphatic carbocycles.